The highest BCUT2D eigenvalue weighted by atomic mass is 32.2. The molecule has 0 aliphatic carbocycles. The summed E-state index contributed by atoms with van der Waals surface area (Å²) in [6, 6.07) is 12.1. The summed E-state index contributed by atoms with van der Waals surface area (Å²) in [4.78, 5) is 28.7. The molecule has 0 spiro atoms. The quantitative estimate of drug-likeness (QED) is 0.582. The Kier molecular flexibility index (Phi) is 7.68. The van der Waals surface area contributed by atoms with Crippen LogP contribution in [0.1, 0.15) is 6.42 Å². The average molecular weight is 505 g/mol. The van der Waals surface area contributed by atoms with Gasteiger partial charge in [-0.3, -0.25) is 14.5 Å². The molecule has 2 aromatic rings. The summed E-state index contributed by atoms with van der Waals surface area (Å²) < 4.78 is 45.8. The van der Waals surface area contributed by atoms with Crippen LogP contribution in [0.15, 0.2) is 53.4 Å². The summed E-state index contributed by atoms with van der Waals surface area (Å²) in [7, 11) is -2.04. The summed E-state index contributed by atoms with van der Waals surface area (Å²) in [5, 5.41) is 2.88. The summed E-state index contributed by atoms with van der Waals surface area (Å²) in [6.45, 7) is 3.03. The normalized spacial score (nSPS) is 19.7. The SMILES string of the molecule is COc1ccc(S(=O)(=O)N2CCN(CCNC(=O)C3CC(=O)N(c4cccc(F)c4)C3)CC2)cc1. The van der Waals surface area contributed by atoms with Crippen molar-refractivity contribution in [2.24, 2.45) is 5.92 Å². The van der Waals surface area contributed by atoms with E-state index in [-0.39, 0.29) is 29.7 Å². The minimum Gasteiger partial charge on any atom is -0.497 e. The van der Waals surface area contributed by atoms with Crippen molar-refractivity contribution in [3.63, 3.8) is 0 Å². The Morgan fingerprint density at radius 2 is 1.83 bits per heavy atom. The van der Waals surface area contributed by atoms with Crippen molar-refractivity contribution < 1.29 is 27.1 Å². The summed E-state index contributed by atoms with van der Waals surface area (Å²) in [5.74, 6) is -0.736. The van der Waals surface area contributed by atoms with Crippen LogP contribution in [0.25, 0.3) is 0 Å². The lowest BCUT2D eigenvalue weighted by atomic mass is 10.1. The van der Waals surface area contributed by atoms with Gasteiger partial charge >= 0.3 is 0 Å². The Bertz CT molecular complexity index is 1170. The van der Waals surface area contributed by atoms with Crippen LogP contribution in [0, 0.1) is 11.7 Å². The first-order valence-electron chi connectivity index (χ1n) is 11.5. The summed E-state index contributed by atoms with van der Waals surface area (Å²) >= 11 is 0. The van der Waals surface area contributed by atoms with Crippen molar-refractivity contribution in [1.29, 1.82) is 0 Å². The number of carbonyl (C=O) groups excluding carboxylic acids is 2. The molecule has 2 aliphatic heterocycles. The van der Waals surface area contributed by atoms with Gasteiger partial charge in [0.25, 0.3) is 0 Å². The minimum atomic E-state index is -3.57. The number of amides is 2. The molecule has 35 heavy (non-hydrogen) atoms. The van der Waals surface area contributed by atoms with Gasteiger partial charge in [0.2, 0.25) is 21.8 Å². The highest BCUT2D eigenvalue weighted by Crippen LogP contribution is 2.26. The smallest absolute Gasteiger partial charge is 0.243 e. The maximum atomic E-state index is 13.5. The molecule has 2 amide bonds. The van der Waals surface area contributed by atoms with Crippen LogP contribution in [0.2, 0.25) is 0 Å². The van der Waals surface area contributed by atoms with Crippen LogP contribution in [0.3, 0.4) is 0 Å². The number of piperazine rings is 1. The maximum Gasteiger partial charge on any atom is 0.243 e. The van der Waals surface area contributed by atoms with Gasteiger partial charge in [0.05, 0.1) is 17.9 Å². The largest absolute Gasteiger partial charge is 0.497 e. The second kappa shape index (κ2) is 10.7. The molecular weight excluding hydrogens is 475 g/mol. The lowest BCUT2D eigenvalue weighted by Gasteiger charge is -2.34. The van der Waals surface area contributed by atoms with E-state index < -0.39 is 21.8 Å². The maximum absolute atomic E-state index is 13.5. The van der Waals surface area contributed by atoms with Gasteiger partial charge in [-0.15, -0.1) is 0 Å². The van der Waals surface area contributed by atoms with Gasteiger partial charge in [0.1, 0.15) is 11.6 Å². The molecule has 4 rings (SSSR count). The zero-order valence-electron chi connectivity index (χ0n) is 19.5. The molecule has 9 nitrogen and oxygen atoms in total. The number of benzene rings is 2. The summed E-state index contributed by atoms with van der Waals surface area (Å²) in [5.41, 5.74) is 0.452. The Balaban J connectivity index is 1.21. The van der Waals surface area contributed by atoms with E-state index in [1.165, 1.54) is 34.5 Å². The third-order valence-corrected chi connectivity index (χ3v) is 8.28. The van der Waals surface area contributed by atoms with Crippen molar-refractivity contribution in [3.05, 3.63) is 54.3 Å². The van der Waals surface area contributed by atoms with Gasteiger partial charge in [0.15, 0.2) is 0 Å². The number of sulfonamides is 1. The van der Waals surface area contributed by atoms with Gasteiger partial charge < -0.3 is 15.0 Å². The Morgan fingerprint density at radius 3 is 2.49 bits per heavy atom. The van der Waals surface area contributed by atoms with E-state index in [1.807, 2.05) is 0 Å². The van der Waals surface area contributed by atoms with Crippen molar-refractivity contribution in [2.45, 2.75) is 11.3 Å². The molecular formula is C24H29FN4O5S. The third kappa shape index (κ3) is 5.80. The number of ether oxygens (including phenoxy) is 1. The molecule has 0 bridgehead atoms. The van der Waals surface area contributed by atoms with Crippen molar-refractivity contribution >= 4 is 27.5 Å². The van der Waals surface area contributed by atoms with Crippen LogP contribution in [-0.4, -0.2) is 82.4 Å². The fourth-order valence-electron chi connectivity index (χ4n) is 4.35. The van der Waals surface area contributed by atoms with Crippen LogP contribution < -0.4 is 15.0 Å². The lowest BCUT2D eigenvalue weighted by Crippen LogP contribution is -2.50. The molecule has 2 heterocycles. The monoisotopic (exact) mass is 504 g/mol. The first-order chi connectivity index (χ1) is 16.8. The first kappa shape index (κ1) is 25.1. The molecule has 1 N–H and O–H groups in total. The second-order valence-corrected chi connectivity index (χ2v) is 10.5. The zero-order valence-corrected chi connectivity index (χ0v) is 20.3. The number of halogens is 1. The molecule has 2 aliphatic rings. The Labute approximate surface area is 204 Å². The molecule has 2 saturated heterocycles. The first-order valence-corrected chi connectivity index (χ1v) is 12.9. The predicted octanol–water partition coefficient (Wildman–Crippen LogP) is 1.31. The number of hydrogen-bond acceptors (Lipinski definition) is 6. The van der Waals surface area contributed by atoms with Gasteiger partial charge in [0, 0.05) is 57.9 Å². The number of hydrogen-bond donors (Lipinski definition) is 1. The number of nitrogens with one attached hydrogen (secondary N) is 1. The highest BCUT2D eigenvalue weighted by Gasteiger charge is 2.35. The number of methoxy groups -OCH3 is 1. The van der Waals surface area contributed by atoms with E-state index in [1.54, 1.807) is 30.3 Å². The van der Waals surface area contributed by atoms with Crippen LogP contribution in [0.4, 0.5) is 10.1 Å². The highest BCUT2D eigenvalue weighted by molar-refractivity contribution is 7.89. The zero-order chi connectivity index (χ0) is 25.0. The number of rotatable bonds is 8. The van der Waals surface area contributed by atoms with E-state index in [4.69, 9.17) is 4.74 Å². The number of anilines is 1. The van der Waals surface area contributed by atoms with Crippen LogP contribution in [-0.2, 0) is 19.6 Å². The van der Waals surface area contributed by atoms with E-state index in [0.717, 1.165) is 0 Å². The number of carbonyl (C=O) groups is 2. The fraction of sp³-hybridized carbons (Fsp3) is 0.417. The average Bonchev–Trinajstić information content (AvgIpc) is 3.26. The Hall–Kier alpha value is -3.02. The standard InChI is InChI=1S/C24H29FN4O5S/c1-34-21-5-7-22(8-6-21)35(32,33)28-13-11-27(12-14-28)10-9-26-24(31)18-15-23(30)29(17-18)20-4-2-3-19(25)16-20/h2-8,16,18H,9-15,17H2,1H3,(H,26,31). The van der Waals surface area contributed by atoms with Crippen LogP contribution >= 0.6 is 0 Å². The molecule has 0 aromatic heterocycles. The van der Waals surface area contributed by atoms with Gasteiger partial charge in [-0.2, -0.15) is 4.31 Å². The van der Waals surface area contributed by atoms with E-state index in [9.17, 15) is 22.4 Å². The molecule has 2 fully saturated rings. The van der Waals surface area contributed by atoms with E-state index in [2.05, 4.69) is 10.2 Å². The third-order valence-electron chi connectivity index (χ3n) is 6.37. The van der Waals surface area contributed by atoms with E-state index in [0.29, 0.717) is 50.7 Å². The van der Waals surface area contributed by atoms with Gasteiger partial charge in [-0.1, -0.05) is 6.07 Å². The topological polar surface area (TPSA) is 99.3 Å². The van der Waals surface area contributed by atoms with Gasteiger partial charge in [-0.25, -0.2) is 12.8 Å². The van der Waals surface area contributed by atoms with E-state index >= 15 is 0 Å². The Morgan fingerprint density at radius 1 is 1.11 bits per heavy atom. The molecule has 188 valence electrons. The predicted molar refractivity (Wildman–Crippen MR) is 128 cm³/mol. The molecule has 11 heteroatoms. The van der Waals surface area contributed by atoms with Crippen molar-refractivity contribution in [2.75, 3.05) is 57.8 Å². The van der Waals surface area contributed by atoms with Gasteiger partial charge in [-0.05, 0) is 42.5 Å². The van der Waals surface area contributed by atoms with Crippen molar-refractivity contribution in [3.8, 4) is 5.75 Å². The molecule has 1 atom stereocenters. The minimum absolute atomic E-state index is 0.0875. The molecule has 1 unspecified atom stereocenters. The number of nitrogens with zero attached hydrogens (tertiary/aromatic N) is 3. The van der Waals surface area contributed by atoms with Crippen LogP contribution in [0.5, 0.6) is 5.75 Å². The second-order valence-electron chi connectivity index (χ2n) is 8.60. The van der Waals surface area contributed by atoms with Crippen molar-refractivity contribution in [1.82, 2.24) is 14.5 Å². The fourth-order valence-corrected chi connectivity index (χ4v) is 5.77. The molecule has 0 radical (unpaired) electrons. The lowest BCUT2D eigenvalue weighted by molar-refractivity contribution is -0.126. The molecule has 0 saturated carbocycles. The summed E-state index contributed by atoms with van der Waals surface area (Å²) in [6.07, 6.45) is 0.0875. The molecule has 2 aromatic carbocycles.